The van der Waals surface area contributed by atoms with Gasteiger partial charge in [0.15, 0.2) is 0 Å². The first kappa shape index (κ1) is 15.8. The van der Waals surface area contributed by atoms with Crippen LogP contribution >= 0.6 is 22.9 Å². The highest BCUT2D eigenvalue weighted by Crippen LogP contribution is 2.27. The summed E-state index contributed by atoms with van der Waals surface area (Å²) >= 11 is 7.33. The largest absolute Gasteiger partial charge is 0.488 e. The number of rotatable bonds is 7. The maximum Gasteiger partial charge on any atom is 0.270 e. The van der Waals surface area contributed by atoms with E-state index in [1.165, 1.54) is 17.4 Å². The number of benzene rings is 1. The van der Waals surface area contributed by atoms with Crippen LogP contribution in [0, 0.1) is 10.1 Å². The van der Waals surface area contributed by atoms with Crippen molar-refractivity contribution in [2.24, 2.45) is 0 Å². The Kier molecular flexibility index (Phi) is 5.55. The number of nitro benzene ring substituents is 1. The number of hydrogen-bond donors (Lipinski definition) is 1. The molecule has 0 atom stereocenters. The van der Waals surface area contributed by atoms with Crippen LogP contribution in [-0.2, 0) is 13.2 Å². The quantitative estimate of drug-likeness (QED) is 0.617. The Morgan fingerprint density at radius 2 is 2.19 bits per heavy atom. The molecule has 0 saturated carbocycles. The molecule has 21 heavy (non-hydrogen) atoms. The average Bonchev–Trinajstić information content (AvgIpc) is 2.88. The molecule has 2 aromatic rings. The molecule has 1 aromatic heterocycles. The van der Waals surface area contributed by atoms with Gasteiger partial charge in [0, 0.05) is 29.1 Å². The smallest absolute Gasteiger partial charge is 0.270 e. The Morgan fingerprint density at radius 1 is 1.38 bits per heavy atom. The predicted molar refractivity (Wildman–Crippen MR) is 84.1 cm³/mol. The SMILES string of the molecule is CCNCc1cc([N+](=O)[O-])ccc1OCc1ccc(Cl)s1. The van der Waals surface area contributed by atoms with E-state index in [0.717, 1.165) is 17.0 Å². The van der Waals surface area contributed by atoms with Crippen LogP contribution in [0.15, 0.2) is 30.3 Å². The van der Waals surface area contributed by atoms with Gasteiger partial charge in [-0.25, -0.2) is 0 Å². The third-order valence-corrected chi connectivity index (χ3v) is 4.02. The van der Waals surface area contributed by atoms with Gasteiger partial charge in [0.05, 0.1) is 9.26 Å². The van der Waals surface area contributed by atoms with E-state index < -0.39 is 4.92 Å². The van der Waals surface area contributed by atoms with Crippen molar-refractivity contribution >= 4 is 28.6 Å². The lowest BCUT2D eigenvalue weighted by molar-refractivity contribution is -0.384. The molecular weight excluding hydrogens is 312 g/mol. The molecule has 112 valence electrons. The molecule has 1 N–H and O–H groups in total. The molecule has 1 aromatic carbocycles. The van der Waals surface area contributed by atoms with Crippen molar-refractivity contribution in [1.82, 2.24) is 5.32 Å². The zero-order valence-corrected chi connectivity index (χ0v) is 13.0. The van der Waals surface area contributed by atoms with Gasteiger partial charge < -0.3 is 10.1 Å². The van der Waals surface area contributed by atoms with Gasteiger partial charge in [-0.05, 0) is 24.7 Å². The van der Waals surface area contributed by atoms with Crippen LogP contribution in [-0.4, -0.2) is 11.5 Å². The summed E-state index contributed by atoms with van der Waals surface area (Å²) in [6, 6.07) is 8.36. The molecule has 2 rings (SSSR count). The number of nitrogens with zero attached hydrogens (tertiary/aromatic N) is 1. The number of halogens is 1. The van der Waals surface area contributed by atoms with E-state index in [1.807, 2.05) is 19.1 Å². The van der Waals surface area contributed by atoms with Gasteiger partial charge in [-0.1, -0.05) is 18.5 Å². The Hall–Kier alpha value is -1.63. The molecule has 1 heterocycles. The lowest BCUT2D eigenvalue weighted by atomic mass is 10.1. The van der Waals surface area contributed by atoms with Crippen LogP contribution in [0.3, 0.4) is 0 Å². The van der Waals surface area contributed by atoms with Crippen molar-refractivity contribution < 1.29 is 9.66 Å². The highest BCUT2D eigenvalue weighted by atomic mass is 35.5. The second-order valence-corrected chi connectivity index (χ2v) is 6.12. The zero-order chi connectivity index (χ0) is 15.2. The molecule has 0 amide bonds. The van der Waals surface area contributed by atoms with Crippen molar-refractivity contribution in [3.63, 3.8) is 0 Å². The molecule has 0 aliphatic carbocycles. The van der Waals surface area contributed by atoms with Crippen molar-refractivity contribution in [3.8, 4) is 5.75 Å². The van der Waals surface area contributed by atoms with E-state index in [2.05, 4.69) is 5.32 Å². The monoisotopic (exact) mass is 326 g/mol. The summed E-state index contributed by atoms with van der Waals surface area (Å²) in [5.74, 6) is 0.645. The second kappa shape index (κ2) is 7.40. The Morgan fingerprint density at radius 3 is 2.81 bits per heavy atom. The standard InChI is InChI=1S/C14H15ClN2O3S/c1-2-16-8-10-7-11(17(18)19)3-5-13(10)20-9-12-4-6-14(15)21-12/h3-7,16H,2,8-9H2,1H3. The first-order valence-electron chi connectivity index (χ1n) is 6.45. The minimum atomic E-state index is -0.404. The van der Waals surface area contributed by atoms with E-state index in [9.17, 15) is 10.1 Å². The normalized spacial score (nSPS) is 10.6. The first-order chi connectivity index (χ1) is 10.1. The number of nitrogens with one attached hydrogen (secondary N) is 1. The van der Waals surface area contributed by atoms with Crippen LogP contribution in [0.4, 0.5) is 5.69 Å². The Balaban J connectivity index is 2.14. The van der Waals surface area contributed by atoms with Crippen molar-refractivity contribution in [2.75, 3.05) is 6.54 Å². The minimum absolute atomic E-state index is 0.0643. The topological polar surface area (TPSA) is 64.4 Å². The van der Waals surface area contributed by atoms with E-state index in [-0.39, 0.29) is 5.69 Å². The number of non-ortho nitro benzene ring substituents is 1. The van der Waals surface area contributed by atoms with E-state index in [4.69, 9.17) is 16.3 Å². The molecule has 0 saturated heterocycles. The number of thiophene rings is 1. The van der Waals surface area contributed by atoms with Crippen LogP contribution in [0.1, 0.15) is 17.4 Å². The molecule has 0 radical (unpaired) electrons. The predicted octanol–water partition coefficient (Wildman–Crippen LogP) is 4.00. The summed E-state index contributed by atoms with van der Waals surface area (Å²) in [6.07, 6.45) is 0. The van der Waals surface area contributed by atoms with Crippen molar-refractivity contribution in [3.05, 3.63) is 55.2 Å². The zero-order valence-electron chi connectivity index (χ0n) is 11.5. The molecule has 5 nitrogen and oxygen atoms in total. The third kappa shape index (κ3) is 4.42. The number of nitro groups is 1. The summed E-state index contributed by atoms with van der Waals surface area (Å²) < 4.78 is 6.47. The Bertz CT molecular complexity index is 630. The molecular formula is C14H15ClN2O3S. The Labute approximate surface area is 131 Å². The summed E-state index contributed by atoms with van der Waals surface area (Å²) in [5, 5.41) is 14.0. The van der Waals surface area contributed by atoms with E-state index >= 15 is 0 Å². The molecule has 0 fully saturated rings. The van der Waals surface area contributed by atoms with Crippen molar-refractivity contribution in [1.29, 1.82) is 0 Å². The lowest BCUT2D eigenvalue weighted by Crippen LogP contribution is -2.13. The fourth-order valence-corrected chi connectivity index (χ4v) is 2.80. The van der Waals surface area contributed by atoms with E-state index in [1.54, 1.807) is 12.1 Å². The van der Waals surface area contributed by atoms with Gasteiger partial charge in [0.1, 0.15) is 12.4 Å². The van der Waals surface area contributed by atoms with Crippen LogP contribution < -0.4 is 10.1 Å². The van der Waals surface area contributed by atoms with E-state index in [0.29, 0.717) is 23.2 Å². The lowest BCUT2D eigenvalue weighted by Gasteiger charge is -2.11. The van der Waals surface area contributed by atoms with Gasteiger partial charge in [-0.3, -0.25) is 10.1 Å². The van der Waals surface area contributed by atoms with Gasteiger partial charge >= 0.3 is 0 Å². The van der Waals surface area contributed by atoms with Gasteiger partial charge in [-0.15, -0.1) is 11.3 Å². The summed E-state index contributed by atoms with van der Waals surface area (Å²) in [5.41, 5.74) is 0.836. The fraction of sp³-hybridized carbons (Fsp3) is 0.286. The summed E-state index contributed by atoms with van der Waals surface area (Å²) in [6.45, 7) is 3.68. The number of ether oxygens (including phenoxy) is 1. The third-order valence-electron chi connectivity index (χ3n) is 2.82. The van der Waals surface area contributed by atoms with Gasteiger partial charge in [0.25, 0.3) is 5.69 Å². The van der Waals surface area contributed by atoms with Crippen molar-refractivity contribution in [2.45, 2.75) is 20.1 Å². The molecule has 0 unspecified atom stereocenters. The molecule has 7 heteroatoms. The fourth-order valence-electron chi connectivity index (χ4n) is 1.80. The second-order valence-electron chi connectivity index (χ2n) is 4.32. The van der Waals surface area contributed by atoms with Crippen LogP contribution in [0.5, 0.6) is 5.75 Å². The average molecular weight is 327 g/mol. The molecule has 0 bridgehead atoms. The van der Waals surface area contributed by atoms with Crippen LogP contribution in [0.25, 0.3) is 0 Å². The maximum absolute atomic E-state index is 10.9. The molecule has 0 spiro atoms. The molecule has 0 aliphatic heterocycles. The van der Waals surface area contributed by atoms with Gasteiger partial charge in [0.2, 0.25) is 0 Å². The van der Waals surface area contributed by atoms with Crippen LogP contribution in [0.2, 0.25) is 4.34 Å². The summed E-state index contributed by atoms with van der Waals surface area (Å²) in [7, 11) is 0. The highest BCUT2D eigenvalue weighted by molar-refractivity contribution is 7.16. The first-order valence-corrected chi connectivity index (χ1v) is 7.64. The highest BCUT2D eigenvalue weighted by Gasteiger charge is 2.12. The minimum Gasteiger partial charge on any atom is -0.488 e. The van der Waals surface area contributed by atoms with Gasteiger partial charge in [-0.2, -0.15) is 0 Å². The summed E-state index contributed by atoms with van der Waals surface area (Å²) in [4.78, 5) is 11.5. The number of hydrogen-bond acceptors (Lipinski definition) is 5. The maximum atomic E-state index is 10.9. The molecule has 0 aliphatic rings.